The van der Waals surface area contributed by atoms with Crippen molar-refractivity contribution < 1.29 is 22.7 Å². The van der Waals surface area contributed by atoms with Crippen molar-refractivity contribution in [3.05, 3.63) is 16.4 Å². The Morgan fingerprint density at radius 1 is 1.36 bits per heavy atom. The number of alkyl halides is 3. The molecule has 0 radical (unpaired) electrons. The van der Waals surface area contributed by atoms with Crippen LogP contribution < -0.4 is 5.32 Å². The van der Waals surface area contributed by atoms with Crippen LogP contribution in [0.3, 0.4) is 0 Å². The fraction of sp³-hybridized carbons (Fsp3) is 0.750. The van der Waals surface area contributed by atoms with Gasteiger partial charge in [-0.25, -0.2) is 0 Å². The molecule has 0 bridgehead atoms. The molecule has 1 N–H and O–H groups in total. The van der Waals surface area contributed by atoms with Gasteiger partial charge in [0.15, 0.2) is 5.69 Å². The zero-order valence-electron chi connectivity index (χ0n) is 14.1. The zero-order valence-corrected chi connectivity index (χ0v) is 14.8. The van der Waals surface area contributed by atoms with E-state index in [1.807, 2.05) is 6.92 Å². The van der Waals surface area contributed by atoms with Gasteiger partial charge in [0, 0.05) is 12.5 Å². The van der Waals surface area contributed by atoms with Gasteiger partial charge in [0.05, 0.1) is 22.9 Å². The van der Waals surface area contributed by atoms with Crippen LogP contribution in [0.2, 0.25) is 5.02 Å². The fourth-order valence-corrected chi connectivity index (χ4v) is 3.56. The van der Waals surface area contributed by atoms with E-state index in [0.29, 0.717) is 12.3 Å². The predicted octanol–water partition coefficient (Wildman–Crippen LogP) is 3.68. The van der Waals surface area contributed by atoms with E-state index in [4.69, 9.17) is 16.3 Å². The van der Waals surface area contributed by atoms with E-state index < -0.39 is 23.8 Å². The second-order valence-corrected chi connectivity index (χ2v) is 7.17. The molecule has 3 rings (SSSR count). The molecule has 140 valence electrons. The Morgan fingerprint density at radius 3 is 2.56 bits per heavy atom. The molecule has 25 heavy (non-hydrogen) atoms. The maximum absolute atomic E-state index is 13.1. The van der Waals surface area contributed by atoms with Crippen LogP contribution in [0.4, 0.5) is 13.2 Å². The zero-order chi connectivity index (χ0) is 18.4. The van der Waals surface area contributed by atoms with Crippen molar-refractivity contribution in [2.24, 2.45) is 0 Å². The molecule has 2 heterocycles. The lowest BCUT2D eigenvalue weighted by atomic mass is 10.1. The largest absolute Gasteiger partial charge is 0.436 e. The number of aromatic nitrogens is 2. The van der Waals surface area contributed by atoms with Gasteiger partial charge in [0.2, 0.25) is 5.91 Å². The monoisotopic (exact) mass is 379 g/mol. The molecule has 5 nitrogen and oxygen atoms in total. The Labute approximate surface area is 148 Å². The van der Waals surface area contributed by atoms with Crippen molar-refractivity contribution in [1.29, 1.82) is 0 Å². The third-order valence-electron chi connectivity index (χ3n) is 4.76. The summed E-state index contributed by atoms with van der Waals surface area (Å²) >= 11 is 5.95. The highest BCUT2D eigenvalue weighted by Gasteiger charge is 2.43. The maximum atomic E-state index is 13.1. The van der Waals surface area contributed by atoms with E-state index in [-0.39, 0.29) is 23.1 Å². The third-order valence-corrected chi connectivity index (χ3v) is 5.13. The summed E-state index contributed by atoms with van der Waals surface area (Å²) in [4.78, 5) is 12.5. The molecule has 1 saturated heterocycles. The molecule has 1 aromatic heterocycles. The maximum Gasteiger partial charge on any atom is 0.436 e. The minimum absolute atomic E-state index is 0.0639. The molecular formula is C16H21ClF3N3O2. The molecule has 1 aliphatic heterocycles. The fourth-order valence-electron chi connectivity index (χ4n) is 3.17. The normalized spacial score (nSPS) is 23.5. The summed E-state index contributed by atoms with van der Waals surface area (Å²) in [5.74, 6) is -0.459. The van der Waals surface area contributed by atoms with E-state index in [2.05, 4.69) is 10.4 Å². The molecular weight excluding hydrogens is 359 g/mol. The van der Waals surface area contributed by atoms with Crippen molar-refractivity contribution in [2.75, 3.05) is 6.61 Å². The van der Waals surface area contributed by atoms with Crippen molar-refractivity contribution >= 4 is 17.5 Å². The molecule has 1 saturated carbocycles. The Balaban J connectivity index is 1.81. The first kappa shape index (κ1) is 18.5. The Morgan fingerprint density at radius 2 is 2.04 bits per heavy atom. The van der Waals surface area contributed by atoms with Gasteiger partial charge in [0.25, 0.3) is 0 Å². The number of nitrogens with zero attached hydrogens (tertiary/aromatic N) is 2. The van der Waals surface area contributed by atoms with Crippen molar-refractivity contribution in [1.82, 2.24) is 15.1 Å². The van der Waals surface area contributed by atoms with Crippen molar-refractivity contribution in [2.45, 2.75) is 69.8 Å². The van der Waals surface area contributed by atoms with Crippen molar-refractivity contribution in [3.63, 3.8) is 0 Å². The number of rotatable bonds is 5. The van der Waals surface area contributed by atoms with Crippen molar-refractivity contribution in [3.8, 4) is 0 Å². The number of nitrogens with one attached hydrogen (secondary N) is 1. The van der Waals surface area contributed by atoms with E-state index in [1.165, 1.54) is 6.92 Å². The first-order valence-electron chi connectivity index (χ1n) is 8.47. The SMILES string of the molecule is C[C@H](NC(=O)[C@@H](C)n1nc(C(F)(F)F)c(Cl)c1C1CC1)[C@H]1CCCO1. The first-order valence-corrected chi connectivity index (χ1v) is 8.85. The molecule has 0 aromatic carbocycles. The van der Waals surface area contributed by atoms with E-state index in [9.17, 15) is 18.0 Å². The number of carbonyl (C=O) groups is 1. The molecule has 1 aromatic rings. The summed E-state index contributed by atoms with van der Waals surface area (Å²) in [6, 6.07) is -1.09. The quantitative estimate of drug-likeness (QED) is 0.849. The van der Waals surface area contributed by atoms with Crippen LogP contribution in [0.15, 0.2) is 0 Å². The molecule has 0 spiro atoms. The summed E-state index contributed by atoms with van der Waals surface area (Å²) in [7, 11) is 0. The molecule has 2 fully saturated rings. The summed E-state index contributed by atoms with van der Waals surface area (Å²) in [5.41, 5.74) is -0.815. The molecule has 3 atom stereocenters. The molecule has 9 heteroatoms. The number of halogens is 4. The van der Waals surface area contributed by atoms with E-state index in [0.717, 1.165) is 30.4 Å². The summed E-state index contributed by atoms with van der Waals surface area (Å²) in [6.45, 7) is 4.03. The highest BCUT2D eigenvalue weighted by atomic mass is 35.5. The predicted molar refractivity (Wildman–Crippen MR) is 85.5 cm³/mol. The van der Waals surface area contributed by atoms with Gasteiger partial charge in [-0.15, -0.1) is 0 Å². The lowest BCUT2D eigenvalue weighted by Crippen LogP contribution is -2.44. The number of carbonyl (C=O) groups excluding carboxylic acids is 1. The summed E-state index contributed by atoms with van der Waals surface area (Å²) < 4.78 is 46.1. The standard InChI is InChI=1S/C16H21ClF3N3O2/c1-8(11-4-3-7-25-11)21-15(24)9(2)23-13(10-5-6-10)12(17)14(22-23)16(18,19)20/h8-11H,3-7H2,1-2H3,(H,21,24)/t8-,9+,11+/m0/s1. The van der Waals surface area contributed by atoms with Gasteiger partial charge >= 0.3 is 6.18 Å². The second-order valence-electron chi connectivity index (χ2n) is 6.79. The average molecular weight is 380 g/mol. The average Bonchev–Trinajstić information content (AvgIpc) is 3.08. The van der Waals surface area contributed by atoms with Gasteiger partial charge in [-0.2, -0.15) is 18.3 Å². The second kappa shape index (κ2) is 6.79. The van der Waals surface area contributed by atoms with Crippen LogP contribution in [0.25, 0.3) is 0 Å². The third kappa shape index (κ3) is 3.79. The topological polar surface area (TPSA) is 56.2 Å². The summed E-state index contributed by atoms with van der Waals surface area (Å²) in [5, 5.41) is 6.07. The van der Waals surface area contributed by atoms with E-state index >= 15 is 0 Å². The van der Waals surface area contributed by atoms with Crippen LogP contribution in [-0.4, -0.2) is 34.4 Å². The van der Waals surface area contributed by atoms with Crippen LogP contribution in [0, 0.1) is 0 Å². The van der Waals surface area contributed by atoms with Gasteiger partial charge in [-0.1, -0.05) is 11.6 Å². The minimum Gasteiger partial charge on any atom is -0.376 e. The number of amides is 1. The van der Waals surface area contributed by atoms with Gasteiger partial charge in [0.1, 0.15) is 6.04 Å². The van der Waals surface area contributed by atoms with Crippen LogP contribution in [0.5, 0.6) is 0 Å². The first-order chi connectivity index (χ1) is 11.7. The smallest absolute Gasteiger partial charge is 0.376 e. The number of hydrogen-bond acceptors (Lipinski definition) is 3. The molecule has 2 aliphatic rings. The van der Waals surface area contributed by atoms with Crippen LogP contribution in [-0.2, 0) is 15.7 Å². The molecule has 1 aliphatic carbocycles. The Hall–Kier alpha value is -1.28. The minimum atomic E-state index is -4.65. The van der Waals surface area contributed by atoms with E-state index in [1.54, 1.807) is 0 Å². The number of hydrogen-bond donors (Lipinski definition) is 1. The van der Waals surface area contributed by atoms with Gasteiger partial charge in [-0.05, 0) is 39.5 Å². The Bertz CT molecular complexity index is 652. The Kier molecular flexibility index (Phi) is 5.03. The summed E-state index contributed by atoms with van der Waals surface area (Å²) in [6.07, 6.45) is -1.41. The highest BCUT2D eigenvalue weighted by Crippen LogP contribution is 2.47. The number of ether oxygens (including phenoxy) is 1. The molecule has 0 unspecified atom stereocenters. The van der Waals surface area contributed by atoms with Crippen LogP contribution >= 0.6 is 11.6 Å². The highest BCUT2D eigenvalue weighted by molar-refractivity contribution is 6.32. The van der Waals surface area contributed by atoms with Gasteiger partial charge < -0.3 is 10.1 Å². The van der Waals surface area contributed by atoms with Gasteiger partial charge in [-0.3, -0.25) is 9.48 Å². The lowest BCUT2D eigenvalue weighted by molar-refractivity contribution is -0.142. The molecule has 1 amide bonds. The lowest BCUT2D eigenvalue weighted by Gasteiger charge is -2.23. The van der Waals surface area contributed by atoms with Crippen LogP contribution in [0.1, 0.15) is 62.9 Å².